The van der Waals surface area contributed by atoms with Gasteiger partial charge in [0.05, 0.1) is 10.7 Å². The number of fused-ring (bicyclic) bond motifs is 1. The Morgan fingerprint density at radius 2 is 1.95 bits per heavy atom. The van der Waals surface area contributed by atoms with Gasteiger partial charge < -0.3 is 9.73 Å². The van der Waals surface area contributed by atoms with E-state index in [0.29, 0.717) is 21.3 Å². The van der Waals surface area contributed by atoms with E-state index < -0.39 is 0 Å². The molecule has 3 rings (SSSR count). The molecular formula is C16H11Cl2NO2. The zero-order valence-corrected chi connectivity index (χ0v) is 12.6. The van der Waals surface area contributed by atoms with Gasteiger partial charge in [-0.25, -0.2) is 0 Å². The first-order chi connectivity index (χ1) is 10.0. The van der Waals surface area contributed by atoms with Crippen LogP contribution in [0, 0.1) is 6.92 Å². The van der Waals surface area contributed by atoms with E-state index in [1.807, 2.05) is 25.1 Å². The highest BCUT2D eigenvalue weighted by molar-refractivity contribution is 6.35. The van der Waals surface area contributed by atoms with Crippen molar-refractivity contribution >= 4 is 45.8 Å². The highest BCUT2D eigenvalue weighted by atomic mass is 35.5. The Kier molecular flexibility index (Phi) is 3.62. The standard InChI is InChI=1S/C16H11Cl2NO2/c1-9-3-2-4-10-7-14(21-15(9)10)16(20)19-13-8-11(17)5-6-12(13)18/h2-8H,1H3,(H,19,20). The molecule has 106 valence electrons. The minimum atomic E-state index is -0.366. The Hall–Kier alpha value is -1.97. The van der Waals surface area contributed by atoms with Crippen molar-refractivity contribution in [3.05, 3.63) is 63.8 Å². The minimum Gasteiger partial charge on any atom is -0.451 e. The molecule has 1 heterocycles. The average molecular weight is 320 g/mol. The monoisotopic (exact) mass is 319 g/mol. The van der Waals surface area contributed by atoms with Gasteiger partial charge in [-0.3, -0.25) is 4.79 Å². The van der Waals surface area contributed by atoms with Gasteiger partial charge in [0.15, 0.2) is 5.76 Å². The first-order valence-electron chi connectivity index (χ1n) is 6.30. The van der Waals surface area contributed by atoms with Gasteiger partial charge in [-0.1, -0.05) is 41.4 Å². The lowest BCUT2D eigenvalue weighted by molar-refractivity contribution is 0.0998. The highest BCUT2D eigenvalue weighted by Gasteiger charge is 2.14. The molecule has 0 unspecified atom stereocenters. The number of nitrogens with one attached hydrogen (secondary N) is 1. The second-order valence-electron chi connectivity index (χ2n) is 4.68. The van der Waals surface area contributed by atoms with Crippen LogP contribution in [-0.4, -0.2) is 5.91 Å². The van der Waals surface area contributed by atoms with E-state index in [1.54, 1.807) is 24.3 Å². The number of carbonyl (C=O) groups is 1. The Balaban J connectivity index is 1.93. The summed E-state index contributed by atoms with van der Waals surface area (Å²) in [6, 6.07) is 12.3. The Bertz CT molecular complexity index is 839. The number of carbonyl (C=O) groups excluding carboxylic acids is 1. The maximum atomic E-state index is 12.3. The molecule has 0 aliphatic carbocycles. The SMILES string of the molecule is Cc1cccc2cc(C(=O)Nc3cc(Cl)ccc3Cl)oc12. The Morgan fingerprint density at radius 3 is 2.71 bits per heavy atom. The number of aryl methyl sites for hydroxylation is 1. The van der Waals surface area contributed by atoms with Crippen LogP contribution < -0.4 is 5.32 Å². The van der Waals surface area contributed by atoms with Crippen molar-refractivity contribution in [3.8, 4) is 0 Å². The lowest BCUT2D eigenvalue weighted by atomic mass is 10.2. The molecule has 3 nitrogen and oxygen atoms in total. The smallest absolute Gasteiger partial charge is 0.291 e. The zero-order chi connectivity index (χ0) is 15.0. The molecule has 0 atom stereocenters. The lowest BCUT2D eigenvalue weighted by Gasteiger charge is -2.05. The van der Waals surface area contributed by atoms with Gasteiger partial charge in [0.25, 0.3) is 5.91 Å². The molecule has 0 saturated heterocycles. The Labute approximate surface area is 131 Å². The lowest BCUT2D eigenvalue weighted by Crippen LogP contribution is -2.11. The van der Waals surface area contributed by atoms with Gasteiger partial charge in [-0.2, -0.15) is 0 Å². The van der Waals surface area contributed by atoms with Crippen LogP contribution in [0.5, 0.6) is 0 Å². The van der Waals surface area contributed by atoms with E-state index in [4.69, 9.17) is 27.6 Å². The summed E-state index contributed by atoms with van der Waals surface area (Å²) in [5.74, 6) is -0.134. The molecule has 0 aliphatic rings. The van der Waals surface area contributed by atoms with E-state index in [0.717, 1.165) is 10.9 Å². The van der Waals surface area contributed by atoms with Gasteiger partial charge in [0.2, 0.25) is 0 Å². The van der Waals surface area contributed by atoms with E-state index in [-0.39, 0.29) is 11.7 Å². The molecule has 0 spiro atoms. The number of rotatable bonds is 2. The quantitative estimate of drug-likeness (QED) is 0.696. The summed E-state index contributed by atoms with van der Waals surface area (Å²) in [6.07, 6.45) is 0. The number of hydrogen-bond acceptors (Lipinski definition) is 2. The molecule has 0 saturated carbocycles. The predicted octanol–water partition coefficient (Wildman–Crippen LogP) is 5.30. The van der Waals surface area contributed by atoms with Crippen molar-refractivity contribution < 1.29 is 9.21 Å². The van der Waals surface area contributed by atoms with E-state index in [2.05, 4.69) is 5.32 Å². The van der Waals surface area contributed by atoms with Crippen LogP contribution >= 0.6 is 23.2 Å². The van der Waals surface area contributed by atoms with Crippen LogP contribution in [0.25, 0.3) is 11.0 Å². The van der Waals surface area contributed by atoms with Crippen LogP contribution in [0.1, 0.15) is 16.1 Å². The summed E-state index contributed by atoms with van der Waals surface area (Å²) >= 11 is 11.9. The number of halogens is 2. The second-order valence-corrected chi connectivity index (χ2v) is 5.53. The van der Waals surface area contributed by atoms with Crippen LogP contribution in [0.4, 0.5) is 5.69 Å². The summed E-state index contributed by atoms with van der Waals surface area (Å²) in [5, 5.41) is 4.50. The molecule has 1 amide bonds. The highest BCUT2D eigenvalue weighted by Crippen LogP contribution is 2.27. The fraction of sp³-hybridized carbons (Fsp3) is 0.0625. The number of anilines is 1. The summed E-state index contributed by atoms with van der Waals surface area (Å²) < 4.78 is 5.61. The van der Waals surface area contributed by atoms with Gasteiger partial charge in [0, 0.05) is 10.4 Å². The zero-order valence-electron chi connectivity index (χ0n) is 11.1. The van der Waals surface area contributed by atoms with Crippen molar-refractivity contribution in [2.45, 2.75) is 6.92 Å². The number of amides is 1. The van der Waals surface area contributed by atoms with Gasteiger partial charge in [0.1, 0.15) is 5.58 Å². The normalized spacial score (nSPS) is 10.8. The first-order valence-corrected chi connectivity index (χ1v) is 7.06. The van der Waals surface area contributed by atoms with Gasteiger partial charge in [-0.15, -0.1) is 0 Å². The number of benzene rings is 2. The molecule has 2 aromatic carbocycles. The van der Waals surface area contributed by atoms with Gasteiger partial charge >= 0.3 is 0 Å². The summed E-state index contributed by atoms with van der Waals surface area (Å²) in [5.41, 5.74) is 2.14. The van der Waals surface area contributed by atoms with E-state index in [1.165, 1.54) is 0 Å². The molecular weight excluding hydrogens is 309 g/mol. The topological polar surface area (TPSA) is 42.2 Å². The maximum absolute atomic E-state index is 12.3. The third-order valence-electron chi connectivity index (χ3n) is 3.14. The van der Waals surface area contributed by atoms with E-state index in [9.17, 15) is 4.79 Å². The molecule has 0 aliphatic heterocycles. The average Bonchev–Trinajstić information content (AvgIpc) is 2.88. The molecule has 0 bridgehead atoms. The van der Waals surface area contributed by atoms with Crippen molar-refractivity contribution in [3.63, 3.8) is 0 Å². The summed E-state index contributed by atoms with van der Waals surface area (Å²) in [6.45, 7) is 1.93. The van der Waals surface area contributed by atoms with Gasteiger partial charge in [-0.05, 0) is 36.8 Å². The fourth-order valence-corrected chi connectivity index (χ4v) is 2.43. The second kappa shape index (κ2) is 5.43. The number of para-hydroxylation sites is 1. The van der Waals surface area contributed by atoms with Crippen LogP contribution in [0.15, 0.2) is 46.9 Å². The third-order valence-corrected chi connectivity index (χ3v) is 3.71. The van der Waals surface area contributed by atoms with E-state index >= 15 is 0 Å². The summed E-state index contributed by atoms with van der Waals surface area (Å²) in [4.78, 5) is 12.3. The maximum Gasteiger partial charge on any atom is 0.291 e. The third kappa shape index (κ3) is 2.75. The molecule has 0 radical (unpaired) electrons. The minimum absolute atomic E-state index is 0.232. The van der Waals surface area contributed by atoms with Crippen LogP contribution in [0.2, 0.25) is 10.0 Å². The van der Waals surface area contributed by atoms with Crippen LogP contribution in [0.3, 0.4) is 0 Å². The number of hydrogen-bond donors (Lipinski definition) is 1. The molecule has 21 heavy (non-hydrogen) atoms. The fourth-order valence-electron chi connectivity index (χ4n) is 2.10. The van der Waals surface area contributed by atoms with Crippen molar-refractivity contribution in [2.75, 3.05) is 5.32 Å². The number of furan rings is 1. The molecule has 1 N–H and O–H groups in total. The molecule has 3 aromatic rings. The predicted molar refractivity (Wildman–Crippen MR) is 85.4 cm³/mol. The van der Waals surface area contributed by atoms with Crippen molar-refractivity contribution in [2.24, 2.45) is 0 Å². The van der Waals surface area contributed by atoms with Crippen molar-refractivity contribution in [1.29, 1.82) is 0 Å². The first kappa shape index (κ1) is 14.0. The molecule has 5 heteroatoms. The van der Waals surface area contributed by atoms with Crippen molar-refractivity contribution in [1.82, 2.24) is 0 Å². The van der Waals surface area contributed by atoms with Crippen LogP contribution in [-0.2, 0) is 0 Å². The molecule has 1 aromatic heterocycles. The molecule has 0 fully saturated rings. The largest absolute Gasteiger partial charge is 0.451 e. The Morgan fingerprint density at radius 1 is 1.14 bits per heavy atom. The summed E-state index contributed by atoms with van der Waals surface area (Å²) in [7, 11) is 0.